The second kappa shape index (κ2) is 6.83. The van der Waals surface area contributed by atoms with Crippen LogP contribution in [-0.2, 0) is 6.54 Å². The molecule has 11 heteroatoms. The Bertz CT molecular complexity index is 1110. The van der Waals surface area contributed by atoms with Crippen LogP contribution in [0.15, 0.2) is 46.9 Å². The normalized spacial score (nSPS) is 11.7. The van der Waals surface area contributed by atoms with Crippen LogP contribution in [0.2, 0.25) is 0 Å². The molecule has 0 spiro atoms. The first-order valence-electron chi connectivity index (χ1n) is 7.93. The summed E-state index contributed by atoms with van der Waals surface area (Å²) in [5, 5.41) is 17.3. The van der Waals surface area contributed by atoms with Crippen LogP contribution in [0.5, 0.6) is 5.75 Å². The predicted octanol–water partition coefficient (Wildman–Crippen LogP) is 4.26. The van der Waals surface area contributed by atoms with E-state index in [-0.39, 0.29) is 0 Å². The minimum absolute atomic E-state index is 0.299. The molecule has 2 aromatic carbocycles. The minimum Gasteiger partial charge on any atom is -0.453 e. The number of anilines is 1. The van der Waals surface area contributed by atoms with Crippen molar-refractivity contribution in [1.82, 2.24) is 20.6 Å². The van der Waals surface area contributed by atoms with Crippen molar-refractivity contribution in [3.8, 4) is 17.3 Å². The Kier molecular flexibility index (Phi) is 4.34. The number of halogens is 4. The van der Waals surface area contributed by atoms with Gasteiger partial charge in [0, 0.05) is 23.7 Å². The van der Waals surface area contributed by atoms with Gasteiger partial charge in [0.25, 0.3) is 0 Å². The number of alkyl halides is 3. The Hall–Kier alpha value is -3.63. The molecule has 0 aliphatic rings. The fraction of sp³-hybridized carbons (Fsp3) is 0.118. The number of ether oxygens (including phenoxy) is 1. The van der Waals surface area contributed by atoms with Crippen molar-refractivity contribution in [3.63, 3.8) is 0 Å². The molecule has 0 bridgehead atoms. The third-order valence-electron chi connectivity index (χ3n) is 3.80. The average Bonchev–Trinajstić information content (AvgIpc) is 3.29. The number of furan rings is 1. The van der Waals surface area contributed by atoms with Gasteiger partial charge in [0.05, 0.1) is 0 Å². The topological polar surface area (TPSA) is 88.9 Å². The zero-order chi connectivity index (χ0) is 19.7. The average molecular weight is 393 g/mol. The molecule has 144 valence electrons. The van der Waals surface area contributed by atoms with Gasteiger partial charge >= 0.3 is 6.36 Å². The van der Waals surface area contributed by atoms with E-state index in [1.54, 1.807) is 12.1 Å². The van der Waals surface area contributed by atoms with Crippen LogP contribution >= 0.6 is 0 Å². The number of H-pyrrole nitrogens is 1. The number of fused-ring (bicyclic) bond motifs is 1. The molecule has 0 saturated carbocycles. The van der Waals surface area contributed by atoms with E-state index in [0.717, 1.165) is 23.1 Å². The van der Waals surface area contributed by atoms with E-state index in [2.05, 4.69) is 30.7 Å². The molecule has 0 saturated heterocycles. The Labute approximate surface area is 154 Å². The smallest absolute Gasteiger partial charge is 0.453 e. The number of tetrazole rings is 1. The molecule has 28 heavy (non-hydrogen) atoms. The summed E-state index contributed by atoms with van der Waals surface area (Å²) in [6, 6.07) is 10.4. The molecule has 2 N–H and O–H groups in total. The molecule has 0 aliphatic carbocycles. The number of benzene rings is 2. The first-order valence-corrected chi connectivity index (χ1v) is 7.93. The molecule has 0 unspecified atom stereocenters. The molecule has 2 heterocycles. The lowest BCUT2D eigenvalue weighted by molar-refractivity contribution is -0.275. The van der Waals surface area contributed by atoms with Crippen molar-refractivity contribution in [2.24, 2.45) is 0 Å². The van der Waals surface area contributed by atoms with Crippen molar-refractivity contribution >= 4 is 16.7 Å². The first-order chi connectivity index (χ1) is 13.4. The van der Waals surface area contributed by atoms with Crippen LogP contribution in [0.25, 0.3) is 22.6 Å². The van der Waals surface area contributed by atoms with Crippen molar-refractivity contribution in [2.75, 3.05) is 5.32 Å². The van der Waals surface area contributed by atoms with Gasteiger partial charge in [0.2, 0.25) is 5.82 Å². The SMILES string of the molecule is Fc1cc(NCc2ccc3cc(-c4nn[nH]n4)oc3c2)ccc1OC(F)(F)F. The monoisotopic (exact) mass is 393 g/mol. The van der Waals surface area contributed by atoms with Gasteiger partial charge in [0.1, 0.15) is 5.58 Å². The van der Waals surface area contributed by atoms with Crippen molar-refractivity contribution in [2.45, 2.75) is 12.9 Å². The minimum atomic E-state index is -4.95. The molecule has 4 rings (SSSR count). The van der Waals surface area contributed by atoms with Crippen LogP contribution in [0, 0.1) is 5.82 Å². The highest BCUT2D eigenvalue weighted by Gasteiger charge is 2.32. The summed E-state index contributed by atoms with van der Waals surface area (Å²) in [6.45, 7) is 0.299. The van der Waals surface area contributed by atoms with Crippen LogP contribution in [0.3, 0.4) is 0 Å². The van der Waals surface area contributed by atoms with E-state index in [0.29, 0.717) is 29.4 Å². The summed E-state index contributed by atoms with van der Waals surface area (Å²) in [6.07, 6.45) is -4.95. The highest BCUT2D eigenvalue weighted by molar-refractivity contribution is 5.82. The van der Waals surface area contributed by atoms with Crippen molar-refractivity contribution in [3.05, 3.63) is 53.8 Å². The van der Waals surface area contributed by atoms with Gasteiger partial charge in [-0.2, -0.15) is 5.21 Å². The van der Waals surface area contributed by atoms with Gasteiger partial charge < -0.3 is 14.5 Å². The highest BCUT2D eigenvalue weighted by Crippen LogP contribution is 2.28. The van der Waals surface area contributed by atoms with Gasteiger partial charge in [-0.1, -0.05) is 12.1 Å². The molecule has 0 atom stereocenters. The number of aromatic nitrogens is 4. The summed E-state index contributed by atoms with van der Waals surface area (Å²) in [7, 11) is 0. The molecule has 2 aromatic heterocycles. The van der Waals surface area contributed by atoms with Gasteiger partial charge in [-0.05, 0) is 35.0 Å². The van der Waals surface area contributed by atoms with Crippen LogP contribution in [0.1, 0.15) is 5.56 Å². The zero-order valence-electron chi connectivity index (χ0n) is 13.9. The molecule has 0 radical (unpaired) electrons. The fourth-order valence-corrected chi connectivity index (χ4v) is 2.58. The number of rotatable bonds is 5. The van der Waals surface area contributed by atoms with E-state index in [1.807, 2.05) is 12.1 Å². The Morgan fingerprint density at radius 3 is 2.68 bits per heavy atom. The molecule has 0 aliphatic heterocycles. The van der Waals surface area contributed by atoms with Crippen molar-refractivity contribution < 1.29 is 26.7 Å². The standard InChI is InChI=1S/C17H11F4N5O2/c18-12-7-11(3-4-13(12)28-17(19,20)21)22-8-9-1-2-10-6-15(27-14(10)5-9)16-23-25-26-24-16/h1-7,22H,8H2,(H,23,24,25,26). The van der Waals surface area contributed by atoms with Crippen LogP contribution < -0.4 is 10.1 Å². The summed E-state index contributed by atoms with van der Waals surface area (Å²) < 4.78 is 59.6. The lowest BCUT2D eigenvalue weighted by atomic mass is 10.1. The van der Waals surface area contributed by atoms with E-state index < -0.39 is 17.9 Å². The summed E-state index contributed by atoms with van der Waals surface area (Å²) in [5.74, 6) is -1.22. The molecule has 0 amide bonds. The molecule has 7 nitrogen and oxygen atoms in total. The Balaban J connectivity index is 1.47. The van der Waals surface area contributed by atoms with Crippen LogP contribution in [0.4, 0.5) is 23.2 Å². The summed E-state index contributed by atoms with van der Waals surface area (Å²) in [4.78, 5) is 0. The first kappa shape index (κ1) is 17.8. The number of nitrogens with one attached hydrogen (secondary N) is 2. The van der Waals surface area contributed by atoms with E-state index in [9.17, 15) is 17.6 Å². The van der Waals surface area contributed by atoms with E-state index in [4.69, 9.17) is 4.42 Å². The molecular weight excluding hydrogens is 382 g/mol. The second-order valence-electron chi connectivity index (χ2n) is 5.76. The second-order valence-corrected chi connectivity index (χ2v) is 5.76. The Morgan fingerprint density at radius 2 is 1.96 bits per heavy atom. The summed E-state index contributed by atoms with van der Waals surface area (Å²) in [5.41, 5.74) is 1.72. The van der Waals surface area contributed by atoms with Gasteiger partial charge in [-0.15, -0.1) is 23.4 Å². The lowest BCUT2D eigenvalue weighted by Gasteiger charge is -2.11. The third kappa shape index (κ3) is 3.87. The summed E-state index contributed by atoms with van der Waals surface area (Å²) >= 11 is 0. The molecule has 4 aromatic rings. The number of hydrogen-bond acceptors (Lipinski definition) is 6. The largest absolute Gasteiger partial charge is 0.573 e. The third-order valence-corrected chi connectivity index (χ3v) is 3.80. The predicted molar refractivity (Wildman–Crippen MR) is 89.8 cm³/mol. The molecular formula is C17H11F4N5O2. The Morgan fingerprint density at radius 1 is 1.11 bits per heavy atom. The van der Waals surface area contributed by atoms with Gasteiger partial charge in [-0.25, -0.2) is 4.39 Å². The number of nitrogens with zero attached hydrogens (tertiary/aromatic N) is 3. The maximum absolute atomic E-state index is 13.8. The van der Waals surface area contributed by atoms with Gasteiger partial charge in [-0.3, -0.25) is 0 Å². The fourth-order valence-electron chi connectivity index (χ4n) is 2.58. The highest BCUT2D eigenvalue weighted by atomic mass is 19.4. The van der Waals surface area contributed by atoms with Crippen molar-refractivity contribution in [1.29, 1.82) is 0 Å². The van der Waals surface area contributed by atoms with Crippen LogP contribution in [-0.4, -0.2) is 27.0 Å². The molecule has 0 fully saturated rings. The number of aromatic amines is 1. The lowest BCUT2D eigenvalue weighted by Crippen LogP contribution is -2.18. The zero-order valence-corrected chi connectivity index (χ0v) is 13.9. The quantitative estimate of drug-likeness (QED) is 0.493. The number of hydrogen-bond donors (Lipinski definition) is 2. The maximum Gasteiger partial charge on any atom is 0.573 e. The van der Waals surface area contributed by atoms with E-state index in [1.165, 1.54) is 6.07 Å². The van der Waals surface area contributed by atoms with Gasteiger partial charge in [0.15, 0.2) is 17.3 Å². The maximum atomic E-state index is 13.8. The van der Waals surface area contributed by atoms with E-state index >= 15 is 0 Å².